The summed E-state index contributed by atoms with van der Waals surface area (Å²) in [4.78, 5) is 9.15. The zero-order valence-electron chi connectivity index (χ0n) is 11.6. The number of carbonyl (C=O) groups is 1. The van der Waals surface area contributed by atoms with Crippen LogP contribution in [-0.4, -0.2) is 51.1 Å². The number of hydrogen-bond donors (Lipinski definition) is 1. The van der Waals surface area contributed by atoms with Crippen LogP contribution in [0.2, 0.25) is 0 Å². The maximum absolute atomic E-state index is 12.7. The lowest BCUT2D eigenvalue weighted by atomic mass is 10.1. The zero-order chi connectivity index (χ0) is 17.4. The number of benzene rings is 1. The molecule has 0 saturated carbocycles. The van der Waals surface area contributed by atoms with Crippen molar-refractivity contribution >= 4 is 25.8 Å². The Labute approximate surface area is 131 Å². The maximum atomic E-state index is 12.7. The molecule has 1 heterocycles. The van der Waals surface area contributed by atoms with Crippen molar-refractivity contribution in [1.29, 1.82) is 0 Å². The minimum atomic E-state index is -5.11. The van der Waals surface area contributed by atoms with E-state index in [2.05, 4.69) is 0 Å². The third kappa shape index (κ3) is 3.21. The highest BCUT2D eigenvalue weighted by atomic mass is 32.2. The number of halogens is 2. The average Bonchev–Trinajstić information content (AvgIpc) is 2.98. The van der Waals surface area contributed by atoms with E-state index < -0.39 is 47.3 Å². The molecule has 1 atom stereocenters. The highest BCUT2D eigenvalue weighted by Crippen LogP contribution is 2.30. The third-order valence-corrected chi connectivity index (χ3v) is 7.00. The summed E-state index contributed by atoms with van der Waals surface area (Å²) in [7, 11) is -9.50. The summed E-state index contributed by atoms with van der Waals surface area (Å²) in [6, 6.07) is 4.05. The molecule has 1 aromatic carbocycles. The van der Waals surface area contributed by atoms with Gasteiger partial charge < -0.3 is 5.11 Å². The van der Waals surface area contributed by atoms with E-state index in [-0.39, 0.29) is 19.5 Å². The molecular formula is C12H13F2NO6S2. The topological polar surface area (TPSA) is 109 Å². The van der Waals surface area contributed by atoms with Crippen LogP contribution in [-0.2, 0) is 24.7 Å². The highest BCUT2D eigenvalue weighted by Gasteiger charge is 2.39. The van der Waals surface area contributed by atoms with Gasteiger partial charge in [-0.15, -0.1) is 0 Å². The predicted octanol–water partition coefficient (Wildman–Crippen LogP) is 0.778. The molecule has 0 aliphatic carbocycles. The number of alkyl halides is 2. The highest BCUT2D eigenvalue weighted by molar-refractivity contribution is 7.93. The van der Waals surface area contributed by atoms with Crippen molar-refractivity contribution in [2.24, 2.45) is 5.92 Å². The third-order valence-electron chi connectivity index (χ3n) is 3.51. The van der Waals surface area contributed by atoms with Gasteiger partial charge in [0.1, 0.15) is 4.90 Å². The van der Waals surface area contributed by atoms with Gasteiger partial charge in [0.15, 0.2) is 0 Å². The minimum Gasteiger partial charge on any atom is -0.481 e. The number of nitrogens with zero attached hydrogens (tertiary/aromatic N) is 1. The van der Waals surface area contributed by atoms with Gasteiger partial charge in [-0.25, -0.2) is 16.8 Å². The molecule has 128 valence electrons. The lowest BCUT2D eigenvalue weighted by molar-refractivity contribution is -0.141. The van der Waals surface area contributed by atoms with Gasteiger partial charge in [-0.2, -0.15) is 13.1 Å². The minimum absolute atomic E-state index is 0.0678. The number of hydrogen-bond acceptors (Lipinski definition) is 5. The Bertz CT molecular complexity index is 822. The van der Waals surface area contributed by atoms with Crippen molar-refractivity contribution in [2.75, 3.05) is 13.1 Å². The normalized spacial score (nSPS) is 20.0. The van der Waals surface area contributed by atoms with Crippen molar-refractivity contribution in [3.63, 3.8) is 0 Å². The van der Waals surface area contributed by atoms with Gasteiger partial charge in [0.25, 0.3) is 0 Å². The monoisotopic (exact) mass is 369 g/mol. The summed E-state index contributed by atoms with van der Waals surface area (Å²) >= 11 is 0. The summed E-state index contributed by atoms with van der Waals surface area (Å²) < 4.78 is 74.6. The molecule has 1 fully saturated rings. The Morgan fingerprint density at radius 2 is 1.74 bits per heavy atom. The van der Waals surface area contributed by atoms with Crippen LogP contribution in [0.4, 0.5) is 8.78 Å². The van der Waals surface area contributed by atoms with Crippen LogP contribution >= 0.6 is 0 Å². The van der Waals surface area contributed by atoms with E-state index in [0.29, 0.717) is 0 Å². The molecule has 2 rings (SSSR count). The fourth-order valence-corrected chi connectivity index (χ4v) is 5.33. The second-order valence-corrected chi connectivity index (χ2v) is 8.73. The van der Waals surface area contributed by atoms with Gasteiger partial charge in [0.05, 0.1) is 10.8 Å². The molecule has 0 radical (unpaired) electrons. The van der Waals surface area contributed by atoms with Crippen molar-refractivity contribution < 1.29 is 35.5 Å². The van der Waals surface area contributed by atoms with Crippen LogP contribution in [0.3, 0.4) is 0 Å². The van der Waals surface area contributed by atoms with Crippen LogP contribution in [0.25, 0.3) is 0 Å². The van der Waals surface area contributed by atoms with Crippen molar-refractivity contribution in [2.45, 2.75) is 22.0 Å². The van der Waals surface area contributed by atoms with Gasteiger partial charge in [-0.05, 0) is 18.6 Å². The first-order valence-corrected chi connectivity index (χ1v) is 9.41. The van der Waals surface area contributed by atoms with E-state index in [0.717, 1.165) is 22.5 Å². The van der Waals surface area contributed by atoms with Gasteiger partial charge in [-0.3, -0.25) is 4.79 Å². The molecule has 1 saturated heterocycles. The summed E-state index contributed by atoms with van der Waals surface area (Å²) in [5.41, 5.74) is 0. The van der Waals surface area contributed by atoms with Gasteiger partial charge in [0.2, 0.25) is 19.9 Å². The predicted molar refractivity (Wildman–Crippen MR) is 74.1 cm³/mol. The van der Waals surface area contributed by atoms with Crippen molar-refractivity contribution in [3.05, 3.63) is 24.3 Å². The van der Waals surface area contributed by atoms with E-state index in [1.165, 1.54) is 6.07 Å². The summed E-state index contributed by atoms with van der Waals surface area (Å²) in [6.45, 7) is -0.455. The van der Waals surface area contributed by atoms with E-state index in [1.807, 2.05) is 0 Å². The number of aliphatic carboxylic acids is 1. The van der Waals surface area contributed by atoms with Crippen LogP contribution in [0.1, 0.15) is 6.42 Å². The van der Waals surface area contributed by atoms with Crippen molar-refractivity contribution in [3.8, 4) is 0 Å². The molecule has 0 bridgehead atoms. The van der Waals surface area contributed by atoms with E-state index in [9.17, 15) is 30.4 Å². The van der Waals surface area contributed by atoms with Gasteiger partial charge >= 0.3 is 11.7 Å². The first kappa shape index (κ1) is 17.8. The fraction of sp³-hybridized carbons (Fsp3) is 0.417. The quantitative estimate of drug-likeness (QED) is 0.821. The molecular weight excluding hydrogens is 356 g/mol. The molecule has 1 aliphatic rings. The Kier molecular flexibility index (Phi) is 4.74. The molecule has 1 aliphatic heterocycles. The lowest BCUT2D eigenvalue weighted by Gasteiger charge is -2.18. The van der Waals surface area contributed by atoms with E-state index in [4.69, 9.17) is 5.11 Å². The number of sulfonamides is 1. The molecule has 0 spiro atoms. The van der Waals surface area contributed by atoms with Crippen LogP contribution in [0.5, 0.6) is 0 Å². The van der Waals surface area contributed by atoms with Crippen molar-refractivity contribution in [1.82, 2.24) is 4.31 Å². The first-order chi connectivity index (χ1) is 10.6. The van der Waals surface area contributed by atoms with E-state index >= 15 is 0 Å². The van der Waals surface area contributed by atoms with Crippen LogP contribution < -0.4 is 0 Å². The maximum Gasteiger partial charge on any atom is 0.341 e. The Hall–Kier alpha value is -1.59. The lowest BCUT2D eigenvalue weighted by Crippen LogP contribution is -2.31. The van der Waals surface area contributed by atoms with Crippen LogP contribution in [0, 0.1) is 5.92 Å². The first-order valence-electron chi connectivity index (χ1n) is 6.42. The smallest absolute Gasteiger partial charge is 0.341 e. The zero-order valence-corrected chi connectivity index (χ0v) is 13.2. The summed E-state index contributed by atoms with van der Waals surface area (Å²) in [6.07, 6.45) is 0.0678. The number of sulfone groups is 1. The van der Waals surface area contributed by atoms with Crippen LogP contribution in [0.15, 0.2) is 34.1 Å². The van der Waals surface area contributed by atoms with E-state index in [1.54, 1.807) is 0 Å². The molecule has 1 N–H and O–H groups in total. The van der Waals surface area contributed by atoms with Gasteiger partial charge in [0, 0.05) is 13.1 Å². The average molecular weight is 369 g/mol. The SMILES string of the molecule is O=C(O)C1CCN(S(=O)(=O)c2ccccc2S(=O)(=O)C(F)F)C1. The summed E-state index contributed by atoms with van der Waals surface area (Å²) in [5.74, 6) is -5.84. The molecule has 11 heteroatoms. The molecule has 23 heavy (non-hydrogen) atoms. The second kappa shape index (κ2) is 6.13. The molecule has 0 amide bonds. The fourth-order valence-electron chi connectivity index (χ4n) is 2.28. The molecule has 7 nitrogen and oxygen atoms in total. The largest absolute Gasteiger partial charge is 0.481 e. The standard InChI is InChI=1S/C12H13F2NO6S2/c13-12(14)22(18,19)9-3-1-2-4-10(9)23(20,21)15-6-5-8(7-15)11(16)17/h1-4,8,12H,5-7H2,(H,16,17). The Morgan fingerprint density at radius 3 is 2.22 bits per heavy atom. The molecule has 1 unspecified atom stereocenters. The molecule has 0 aromatic heterocycles. The number of carboxylic acids is 1. The van der Waals surface area contributed by atoms with Gasteiger partial charge in [-0.1, -0.05) is 12.1 Å². The second-order valence-electron chi connectivity index (χ2n) is 4.94. The Morgan fingerprint density at radius 1 is 1.17 bits per heavy atom. The summed E-state index contributed by atoms with van der Waals surface area (Å²) in [5, 5.41) is 8.91. The number of carboxylic acid groups (broad SMARTS) is 1. The Balaban J connectivity index is 2.49. The molecule has 1 aromatic rings. The number of rotatable bonds is 5.